The van der Waals surface area contributed by atoms with Crippen LogP contribution in [0.2, 0.25) is 0 Å². The Balaban J connectivity index is 1.49. The van der Waals surface area contributed by atoms with Gasteiger partial charge in [0.05, 0.1) is 11.7 Å². The molecule has 1 unspecified atom stereocenters. The summed E-state index contributed by atoms with van der Waals surface area (Å²) in [6.07, 6.45) is -0.0155. The van der Waals surface area contributed by atoms with Gasteiger partial charge in [0.15, 0.2) is 0 Å². The molecular weight excluding hydrogens is 469 g/mol. The number of nitrogens with zero attached hydrogens (tertiary/aromatic N) is 1. The highest BCUT2D eigenvalue weighted by atomic mass is 19.4. The summed E-state index contributed by atoms with van der Waals surface area (Å²) in [5.74, 6) is 0.351. The van der Waals surface area contributed by atoms with Crippen LogP contribution in [-0.4, -0.2) is 36.6 Å². The molecule has 0 spiro atoms. The summed E-state index contributed by atoms with van der Waals surface area (Å²) in [7, 11) is 0. The molecule has 1 aliphatic heterocycles. The second kappa shape index (κ2) is 10.9. The van der Waals surface area contributed by atoms with E-state index in [4.69, 9.17) is 4.74 Å². The van der Waals surface area contributed by atoms with Crippen molar-refractivity contribution in [2.45, 2.75) is 63.5 Å². The monoisotopic (exact) mass is 497 g/mol. The zero-order valence-corrected chi connectivity index (χ0v) is 19.1. The normalized spacial score (nSPS) is 18.4. The standard InChI is InChI=1S/C26H28F5NO3/c27-25(28)35-19-12-10-18(11-13-19)24(21-8-4-5-9-22(21)26(29,30)31)34-20-15-32(16-20)23(33)14-17-6-2-1-3-7-17/h4-5,8-13,17,20,24-25H,1-3,6-7,14-16H2. The van der Waals surface area contributed by atoms with Crippen molar-refractivity contribution in [3.8, 4) is 5.75 Å². The van der Waals surface area contributed by atoms with Gasteiger partial charge in [0.25, 0.3) is 0 Å². The largest absolute Gasteiger partial charge is 0.435 e. The second-order valence-electron chi connectivity index (χ2n) is 9.18. The van der Waals surface area contributed by atoms with Gasteiger partial charge in [-0.1, -0.05) is 49.6 Å². The molecule has 2 fully saturated rings. The molecule has 0 bridgehead atoms. The van der Waals surface area contributed by atoms with E-state index in [2.05, 4.69) is 4.74 Å². The van der Waals surface area contributed by atoms with Gasteiger partial charge in [0, 0.05) is 19.5 Å². The number of benzene rings is 2. The van der Waals surface area contributed by atoms with Crippen LogP contribution in [0.3, 0.4) is 0 Å². The van der Waals surface area contributed by atoms with E-state index in [1.807, 2.05) is 0 Å². The van der Waals surface area contributed by atoms with E-state index in [0.717, 1.165) is 31.7 Å². The Morgan fingerprint density at radius 2 is 1.63 bits per heavy atom. The molecule has 2 aromatic carbocycles. The first-order valence-electron chi connectivity index (χ1n) is 11.8. The van der Waals surface area contributed by atoms with E-state index in [1.54, 1.807) is 4.90 Å². The maximum absolute atomic E-state index is 13.7. The first-order chi connectivity index (χ1) is 16.7. The number of carbonyl (C=O) groups is 1. The fraction of sp³-hybridized carbons (Fsp3) is 0.500. The molecule has 2 aromatic rings. The van der Waals surface area contributed by atoms with Crippen molar-refractivity contribution in [1.29, 1.82) is 0 Å². The molecule has 9 heteroatoms. The molecule has 1 saturated carbocycles. The molecular formula is C26H28F5NO3. The summed E-state index contributed by atoms with van der Waals surface area (Å²) in [5.41, 5.74) is -0.535. The van der Waals surface area contributed by atoms with Gasteiger partial charge in [-0.15, -0.1) is 0 Å². The number of amides is 1. The lowest BCUT2D eigenvalue weighted by atomic mass is 9.86. The molecule has 4 rings (SSSR count). The SMILES string of the molecule is O=C(CC1CCCCC1)N1CC(OC(c2ccc(OC(F)F)cc2)c2ccccc2C(F)(F)F)C1. The summed E-state index contributed by atoms with van der Waals surface area (Å²) < 4.78 is 76.7. The predicted molar refractivity (Wildman–Crippen MR) is 119 cm³/mol. The topological polar surface area (TPSA) is 38.8 Å². The Kier molecular flexibility index (Phi) is 7.94. The second-order valence-corrected chi connectivity index (χ2v) is 9.18. The Bertz CT molecular complexity index is 983. The van der Waals surface area contributed by atoms with Crippen molar-refractivity contribution >= 4 is 5.91 Å². The van der Waals surface area contributed by atoms with Crippen LogP contribution in [0.4, 0.5) is 22.0 Å². The van der Waals surface area contributed by atoms with Crippen LogP contribution in [-0.2, 0) is 15.7 Å². The predicted octanol–water partition coefficient (Wildman–Crippen LogP) is 6.59. The average Bonchev–Trinajstić information content (AvgIpc) is 2.79. The first-order valence-corrected chi connectivity index (χ1v) is 11.8. The average molecular weight is 498 g/mol. The van der Waals surface area contributed by atoms with Crippen molar-refractivity contribution in [3.05, 3.63) is 65.2 Å². The Morgan fingerprint density at radius 1 is 0.971 bits per heavy atom. The Labute approximate surface area is 201 Å². The maximum atomic E-state index is 13.7. The van der Waals surface area contributed by atoms with Crippen LogP contribution >= 0.6 is 0 Å². The molecule has 1 aliphatic carbocycles. The molecule has 1 atom stereocenters. The van der Waals surface area contributed by atoms with E-state index < -0.39 is 30.6 Å². The molecule has 35 heavy (non-hydrogen) atoms. The van der Waals surface area contributed by atoms with E-state index in [0.29, 0.717) is 31.0 Å². The van der Waals surface area contributed by atoms with Gasteiger partial charge in [0.1, 0.15) is 11.9 Å². The molecule has 190 valence electrons. The molecule has 1 amide bonds. The van der Waals surface area contributed by atoms with Gasteiger partial charge in [0.2, 0.25) is 5.91 Å². The van der Waals surface area contributed by atoms with Gasteiger partial charge >= 0.3 is 12.8 Å². The number of alkyl halides is 5. The van der Waals surface area contributed by atoms with Crippen molar-refractivity contribution in [1.82, 2.24) is 4.90 Å². The maximum Gasteiger partial charge on any atom is 0.416 e. The van der Waals surface area contributed by atoms with Crippen LogP contribution in [0.25, 0.3) is 0 Å². The van der Waals surface area contributed by atoms with E-state index in [9.17, 15) is 26.7 Å². The van der Waals surface area contributed by atoms with Gasteiger partial charge in [-0.2, -0.15) is 22.0 Å². The van der Waals surface area contributed by atoms with Crippen LogP contribution in [0.1, 0.15) is 61.3 Å². The molecule has 4 nitrogen and oxygen atoms in total. The Hall–Kier alpha value is -2.68. The lowest BCUT2D eigenvalue weighted by molar-refractivity contribution is -0.151. The highest BCUT2D eigenvalue weighted by Gasteiger charge is 2.39. The van der Waals surface area contributed by atoms with Gasteiger partial charge in [-0.05, 0) is 48.1 Å². The van der Waals surface area contributed by atoms with Crippen molar-refractivity contribution in [2.75, 3.05) is 13.1 Å². The minimum Gasteiger partial charge on any atom is -0.435 e. The summed E-state index contributed by atoms with van der Waals surface area (Å²) in [4.78, 5) is 14.3. The zero-order chi connectivity index (χ0) is 25.0. The van der Waals surface area contributed by atoms with E-state index in [1.165, 1.54) is 48.9 Å². The highest BCUT2D eigenvalue weighted by molar-refractivity contribution is 5.77. The van der Waals surface area contributed by atoms with E-state index in [-0.39, 0.29) is 17.2 Å². The van der Waals surface area contributed by atoms with E-state index >= 15 is 0 Å². The minimum atomic E-state index is -4.60. The van der Waals surface area contributed by atoms with Crippen molar-refractivity contribution in [2.24, 2.45) is 5.92 Å². The number of likely N-dealkylation sites (tertiary alicyclic amines) is 1. The third-order valence-corrected chi connectivity index (χ3v) is 6.67. The van der Waals surface area contributed by atoms with Crippen LogP contribution in [0.15, 0.2) is 48.5 Å². The number of hydrogen-bond donors (Lipinski definition) is 0. The lowest BCUT2D eigenvalue weighted by Crippen LogP contribution is -2.55. The van der Waals surface area contributed by atoms with Gasteiger partial charge < -0.3 is 14.4 Å². The third kappa shape index (κ3) is 6.51. The summed E-state index contributed by atoms with van der Waals surface area (Å²) in [5, 5.41) is 0. The Morgan fingerprint density at radius 3 is 2.26 bits per heavy atom. The fourth-order valence-electron chi connectivity index (χ4n) is 4.83. The molecule has 0 aromatic heterocycles. The van der Waals surface area contributed by atoms with Crippen LogP contribution in [0, 0.1) is 5.92 Å². The third-order valence-electron chi connectivity index (χ3n) is 6.67. The summed E-state index contributed by atoms with van der Waals surface area (Å²) >= 11 is 0. The number of hydrogen-bond acceptors (Lipinski definition) is 3. The van der Waals surface area contributed by atoms with Crippen LogP contribution in [0.5, 0.6) is 5.75 Å². The van der Waals surface area contributed by atoms with Gasteiger partial charge in [-0.3, -0.25) is 4.79 Å². The van der Waals surface area contributed by atoms with Crippen molar-refractivity contribution in [3.63, 3.8) is 0 Å². The number of halogens is 5. The lowest BCUT2D eigenvalue weighted by Gasteiger charge is -2.41. The number of carbonyl (C=O) groups excluding carboxylic acids is 1. The molecule has 1 heterocycles. The van der Waals surface area contributed by atoms with Gasteiger partial charge in [-0.25, -0.2) is 0 Å². The van der Waals surface area contributed by atoms with Crippen molar-refractivity contribution < 1.29 is 36.2 Å². The quantitative estimate of drug-likeness (QED) is 0.386. The first kappa shape index (κ1) is 25.4. The summed E-state index contributed by atoms with van der Waals surface area (Å²) in [6, 6.07) is 10.5. The molecule has 1 saturated heterocycles. The smallest absolute Gasteiger partial charge is 0.416 e. The summed E-state index contributed by atoms with van der Waals surface area (Å²) in [6.45, 7) is -2.39. The van der Waals surface area contributed by atoms with Crippen LogP contribution < -0.4 is 4.74 Å². The fourth-order valence-corrected chi connectivity index (χ4v) is 4.83. The molecule has 2 aliphatic rings. The minimum absolute atomic E-state index is 0.0532. The molecule has 0 N–H and O–H groups in total. The zero-order valence-electron chi connectivity index (χ0n) is 19.1. The number of rotatable bonds is 8. The number of ether oxygens (including phenoxy) is 2. The highest BCUT2D eigenvalue weighted by Crippen LogP contribution is 2.39. The molecule has 0 radical (unpaired) electrons.